The number of benzene rings is 2. The second-order valence-corrected chi connectivity index (χ2v) is 4.37. The topological polar surface area (TPSA) is 59.3 Å². The van der Waals surface area contributed by atoms with Crippen molar-refractivity contribution in [3.63, 3.8) is 0 Å². The highest BCUT2D eigenvalue weighted by Crippen LogP contribution is 2.16. The highest BCUT2D eigenvalue weighted by atomic mass is 16.5. The third-order valence-corrected chi connectivity index (χ3v) is 2.80. The number of hydrogen-bond acceptors (Lipinski definition) is 4. The molecular weight excluding hydrogens is 278 g/mol. The Labute approximate surface area is 129 Å². The monoisotopic (exact) mass is 293 g/mol. The summed E-state index contributed by atoms with van der Waals surface area (Å²) in [6, 6.07) is 17.6. The summed E-state index contributed by atoms with van der Waals surface area (Å²) in [4.78, 5) is 12.0. The molecule has 0 saturated heterocycles. The summed E-state index contributed by atoms with van der Waals surface area (Å²) >= 11 is 0. The normalized spacial score (nSPS) is 10.6. The van der Waals surface area contributed by atoms with Gasteiger partial charge in [-0.1, -0.05) is 30.3 Å². The molecule has 0 aromatic heterocycles. The van der Waals surface area contributed by atoms with E-state index in [9.17, 15) is 4.79 Å². The van der Waals surface area contributed by atoms with E-state index in [0.29, 0.717) is 12.4 Å². The molecule has 0 unspecified atom stereocenters. The number of carbonyl (C=O) groups excluding carboxylic acids is 1. The first-order valence-electron chi connectivity index (χ1n) is 6.85. The molecule has 0 radical (unpaired) electrons. The Morgan fingerprint density at radius 3 is 2.36 bits per heavy atom. The summed E-state index contributed by atoms with van der Waals surface area (Å²) in [7, 11) is 0. The molecule has 2 aromatic carbocycles. The lowest BCUT2D eigenvalue weighted by molar-refractivity contribution is -0.129. The quantitative estimate of drug-likeness (QED) is 0.366. The van der Waals surface area contributed by atoms with Crippen molar-refractivity contribution in [2.75, 3.05) is 6.61 Å². The van der Waals surface area contributed by atoms with Crippen molar-refractivity contribution in [3.8, 4) is 17.6 Å². The van der Waals surface area contributed by atoms with E-state index in [-0.39, 0.29) is 5.57 Å². The average Bonchev–Trinajstić information content (AvgIpc) is 2.55. The Hall–Kier alpha value is -3.06. The summed E-state index contributed by atoms with van der Waals surface area (Å²) in [5.74, 6) is 0.466. The van der Waals surface area contributed by atoms with Gasteiger partial charge in [-0.25, -0.2) is 4.79 Å². The van der Waals surface area contributed by atoms with Crippen LogP contribution in [0, 0.1) is 11.3 Å². The summed E-state index contributed by atoms with van der Waals surface area (Å²) in [5, 5.41) is 9.13. The van der Waals surface area contributed by atoms with E-state index in [1.807, 2.05) is 19.1 Å². The van der Waals surface area contributed by atoms with Gasteiger partial charge < -0.3 is 9.47 Å². The van der Waals surface area contributed by atoms with Crippen molar-refractivity contribution in [1.82, 2.24) is 0 Å². The Morgan fingerprint density at radius 1 is 1.09 bits per heavy atom. The maximum atomic E-state index is 12.0. The van der Waals surface area contributed by atoms with Crippen LogP contribution in [0.4, 0.5) is 0 Å². The van der Waals surface area contributed by atoms with Crippen molar-refractivity contribution in [2.45, 2.75) is 6.92 Å². The number of esters is 1. The SMILES string of the molecule is CCOc1ccc(C=C(C#N)C(=O)Oc2ccccc2)cc1. The van der Waals surface area contributed by atoms with Crippen molar-refractivity contribution in [2.24, 2.45) is 0 Å². The van der Waals surface area contributed by atoms with Gasteiger partial charge in [-0.3, -0.25) is 0 Å². The molecule has 0 aliphatic carbocycles. The van der Waals surface area contributed by atoms with Crippen LogP contribution in [0.15, 0.2) is 60.2 Å². The van der Waals surface area contributed by atoms with E-state index in [1.165, 1.54) is 6.08 Å². The van der Waals surface area contributed by atoms with Crippen LogP contribution in [0.1, 0.15) is 12.5 Å². The first-order chi connectivity index (χ1) is 10.7. The van der Waals surface area contributed by atoms with E-state index in [2.05, 4.69) is 0 Å². The van der Waals surface area contributed by atoms with Crippen LogP contribution in [0.5, 0.6) is 11.5 Å². The van der Waals surface area contributed by atoms with E-state index in [1.54, 1.807) is 48.5 Å². The summed E-state index contributed by atoms with van der Waals surface area (Å²) in [6.45, 7) is 2.49. The van der Waals surface area contributed by atoms with Crippen LogP contribution in [0.25, 0.3) is 6.08 Å². The van der Waals surface area contributed by atoms with Gasteiger partial charge in [0.1, 0.15) is 23.1 Å². The minimum Gasteiger partial charge on any atom is -0.494 e. The number of ether oxygens (including phenoxy) is 2. The number of rotatable bonds is 5. The highest BCUT2D eigenvalue weighted by Gasteiger charge is 2.11. The Morgan fingerprint density at radius 2 is 1.77 bits per heavy atom. The van der Waals surface area contributed by atoms with Crippen LogP contribution in [-0.2, 0) is 4.79 Å². The molecule has 0 saturated carbocycles. The number of para-hydroxylation sites is 1. The van der Waals surface area contributed by atoms with Gasteiger partial charge in [0.05, 0.1) is 6.61 Å². The smallest absolute Gasteiger partial charge is 0.354 e. The maximum Gasteiger partial charge on any atom is 0.354 e. The molecule has 0 aliphatic rings. The number of nitrogens with zero attached hydrogens (tertiary/aromatic N) is 1. The van der Waals surface area contributed by atoms with Crippen LogP contribution in [0.2, 0.25) is 0 Å². The largest absolute Gasteiger partial charge is 0.494 e. The van der Waals surface area contributed by atoms with Crippen molar-refractivity contribution in [1.29, 1.82) is 5.26 Å². The van der Waals surface area contributed by atoms with Gasteiger partial charge in [0.25, 0.3) is 0 Å². The summed E-state index contributed by atoms with van der Waals surface area (Å²) < 4.78 is 10.5. The van der Waals surface area contributed by atoms with Gasteiger partial charge in [-0.05, 0) is 42.8 Å². The van der Waals surface area contributed by atoms with Gasteiger partial charge in [0, 0.05) is 0 Å². The summed E-state index contributed by atoms with van der Waals surface area (Å²) in [5.41, 5.74) is 0.665. The van der Waals surface area contributed by atoms with Gasteiger partial charge in [0.2, 0.25) is 0 Å². The van der Waals surface area contributed by atoms with Crippen molar-refractivity contribution < 1.29 is 14.3 Å². The van der Waals surface area contributed by atoms with Gasteiger partial charge in [-0.2, -0.15) is 5.26 Å². The number of hydrogen-bond donors (Lipinski definition) is 0. The third kappa shape index (κ3) is 4.22. The molecule has 0 atom stereocenters. The number of carbonyl (C=O) groups is 1. The fourth-order valence-electron chi connectivity index (χ4n) is 1.78. The average molecular weight is 293 g/mol. The molecule has 0 spiro atoms. The van der Waals surface area contributed by atoms with E-state index >= 15 is 0 Å². The molecule has 2 aromatic rings. The van der Waals surface area contributed by atoms with Gasteiger partial charge >= 0.3 is 5.97 Å². The standard InChI is InChI=1S/C18H15NO3/c1-2-21-16-10-8-14(9-11-16)12-15(13-19)18(20)22-17-6-4-3-5-7-17/h3-12H,2H2,1H3. The van der Waals surface area contributed by atoms with Crippen LogP contribution in [0.3, 0.4) is 0 Å². The third-order valence-electron chi connectivity index (χ3n) is 2.80. The predicted molar refractivity (Wildman–Crippen MR) is 83.3 cm³/mol. The van der Waals surface area contributed by atoms with Crippen LogP contribution < -0.4 is 9.47 Å². The fraction of sp³-hybridized carbons (Fsp3) is 0.111. The zero-order chi connectivity index (χ0) is 15.8. The highest BCUT2D eigenvalue weighted by molar-refractivity contribution is 5.99. The molecule has 0 heterocycles. The molecule has 110 valence electrons. The first-order valence-corrected chi connectivity index (χ1v) is 6.85. The zero-order valence-corrected chi connectivity index (χ0v) is 12.2. The molecule has 0 aliphatic heterocycles. The molecule has 22 heavy (non-hydrogen) atoms. The van der Waals surface area contributed by atoms with E-state index < -0.39 is 5.97 Å². The minimum absolute atomic E-state index is 0.0620. The van der Waals surface area contributed by atoms with Crippen LogP contribution >= 0.6 is 0 Å². The second-order valence-electron chi connectivity index (χ2n) is 4.37. The lowest BCUT2D eigenvalue weighted by atomic mass is 10.1. The predicted octanol–water partition coefficient (Wildman–Crippen LogP) is 3.60. The summed E-state index contributed by atoms with van der Waals surface area (Å²) in [6.07, 6.45) is 1.49. The van der Waals surface area contributed by atoms with Gasteiger partial charge in [-0.15, -0.1) is 0 Å². The molecule has 0 amide bonds. The Balaban J connectivity index is 2.13. The fourth-order valence-corrected chi connectivity index (χ4v) is 1.78. The first kappa shape index (κ1) is 15.3. The molecule has 0 bridgehead atoms. The Kier molecular flexibility index (Phi) is 5.33. The minimum atomic E-state index is -0.678. The van der Waals surface area contributed by atoms with E-state index in [4.69, 9.17) is 14.7 Å². The van der Waals surface area contributed by atoms with Crippen LogP contribution in [-0.4, -0.2) is 12.6 Å². The lowest BCUT2D eigenvalue weighted by Crippen LogP contribution is -2.09. The lowest BCUT2D eigenvalue weighted by Gasteiger charge is -2.04. The Bertz CT molecular complexity index is 697. The molecule has 4 nitrogen and oxygen atoms in total. The van der Waals surface area contributed by atoms with Gasteiger partial charge in [0.15, 0.2) is 0 Å². The van der Waals surface area contributed by atoms with E-state index in [0.717, 1.165) is 11.3 Å². The zero-order valence-electron chi connectivity index (χ0n) is 12.2. The molecular formula is C18H15NO3. The molecule has 0 N–H and O–H groups in total. The second kappa shape index (κ2) is 7.65. The molecule has 2 rings (SSSR count). The molecule has 4 heteroatoms. The maximum absolute atomic E-state index is 12.0. The molecule has 0 fully saturated rings. The van der Waals surface area contributed by atoms with Crippen molar-refractivity contribution in [3.05, 3.63) is 65.7 Å². The van der Waals surface area contributed by atoms with Crippen molar-refractivity contribution >= 4 is 12.0 Å². The number of nitriles is 1.